The minimum Gasteiger partial charge on any atom is -0.372 e. The van der Waals surface area contributed by atoms with Crippen LogP contribution in [0.3, 0.4) is 0 Å². The van der Waals surface area contributed by atoms with Gasteiger partial charge in [0, 0.05) is 30.7 Å². The lowest BCUT2D eigenvalue weighted by molar-refractivity contribution is -0.149. The van der Waals surface area contributed by atoms with Gasteiger partial charge in [-0.2, -0.15) is 0 Å². The van der Waals surface area contributed by atoms with Gasteiger partial charge < -0.3 is 10.4 Å². The van der Waals surface area contributed by atoms with Gasteiger partial charge in [-0.15, -0.1) is 0 Å². The van der Waals surface area contributed by atoms with Crippen molar-refractivity contribution < 1.29 is 19.1 Å². The zero-order chi connectivity index (χ0) is 18.0. The summed E-state index contributed by atoms with van der Waals surface area (Å²) in [6.45, 7) is 0.112. The molecule has 1 aliphatic heterocycles. The first-order chi connectivity index (χ1) is 11.9. The van der Waals surface area contributed by atoms with E-state index in [1.807, 2.05) is 0 Å². The lowest BCUT2D eigenvalue weighted by Gasteiger charge is -2.21. The van der Waals surface area contributed by atoms with E-state index in [1.165, 1.54) is 23.2 Å². The number of rotatable bonds is 4. The first-order valence-electron chi connectivity index (χ1n) is 7.59. The fraction of sp³-hybridized carbons (Fsp3) is 0.235. The van der Waals surface area contributed by atoms with Gasteiger partial charge in [-0.25, -0.2) is 9.37 Å². The average Bonchev–Trinajstić information content (AvgIpc) is 2.89. The Morgan fingerprint density at radius 1 is 1.40 bits per heavy atom. The molecule has 0 aliphatic carbocycles. The Morgan fingerprint density at radius 3 is 2.88 bits per heavy atom. The van der Waals surface area contributed by atoms with E-state index in [2.05, 4.69) is 10.3 Å². The van der Waals surface area contributed by atoms with Gasteiger partial charge in [0.15, 0.2) is 0 Å². The Labute approximate surface area is 148 Å². The Bertz CT molecular complexity index is 798. The van der Waals surface area contributed by atoms with Gasteiger partial charge in [-0.1, -0.05) is 17.7 Å². The van der Waals surface area contributed by atoms with E-state index in [9.17, 15) is 19.1 Å². The zero-order valence-electron chi connectivity index (χ0n) is 13.1. The molecule has 8 heteroatoms. The second kappa shape index (κ2) is 6.78. The summed E-state index contributed by atoms with van der Waals surface area (Å²) in [5, 5.41) is 13.2. The van der Waals surface area contributed by atoms with E-state index in [4.69, 9.17) is 11.6 Å². The highest BCUT2D eigenvalue weighted by Gasteiger charge is 2.51. The van der Waals surface area contributed by atoms with Gasteiger partial charge >= 0.3 is 0 Å². The van der Waals surface area contributed by atoms with Gasteiger partial charge in [-0.3, -0.25) is 14.5 Å². The molecule has 2 aromatic rings. The quantitative estimate of drug-likeness (QED) is 0.809. The van der Waals surface area contributed by atoms with Crippen molar-refractivity contribution in [2.24, 2.45) is 0 Å². The number of aliphatic hydroxyl groups is 1. The molecule has 1 fully saturated rings. The van der Waals surface area contributed by atoms with Crippen LogP contribution in [0, 0.1) is 5.82 Å². The zero-order valence-corrected chi connectivity index (χ0v) is 13.8. The maximum absolute atomic E-state index is 13.3. The van der Waals surface area contributed by atoms with Crippen LogP contribution in [-0.2, 0) is 16.1 Å². The molecule has 1 saturated heterocycles. The third-order valence-corrected chi connectivity index (χ3v) is 4.19. The number of pyridine rings is 1. The minimum absolute atomic E-state index is 0.0574. The lowest BCUT2D eigenvalue weighted by Crippen LogP contribution is -2.52. The van der Waals surface area contributed by atoms with Crippen LogP contribution >= 0.6 is 11.6 Å². The topological polar surface area (TPSA) is 82.5 Å². The molecule has 130 valence electrons. The molecular formula is C17H15ClFN3O3. The molecule has 1 aliphatic rings. The van der Waals surface area contributed by atoms with Crippen molar-refractivity contribution >= 4 is 29.2 Å². The van der Waals surface area contributed by atoms with Gasteiger partial charge in [0.05, 0.1) is 0 Å². The molecule has 1 aromatic heterocycles. The number of carbonyl (C=O) groups is 2. The fourth-order valence-corrected chi connectivity index (χ4v) is 2.93. The summed E-state index contributed by atoms with van der Waals surface area (Å²) >= 11 is 5.76. The van der Waals surface area contributed by atoms with Crippen LogP contribution in [0.1, 0.15) is 12.0 Å². The Hall–Kier alpha value is -2.51. The van der Waals surface area contributed by atoms with Crippen molar-refractivity contribution in [1.82, 2.24) is 10.3 Å². The lowest BCUT2D eigenvalue weighted by atomic mass is 10.0. The second-order valence-electron chi connectivity index (χ2n) is 5.72. The van der Waals surface area contributed by atoms with Gasteiger partial charge in [-0.05, 0) is 35.9 Å². The summed E-state index contributed by atoms with van der Waals surface area (Å²) in [5.74, 6) is -1.74. The Morgan fingerprint density at radius 2 is 2.20 bits per heavy atom. The number of amides is 2. The van der Waals surface area contributed by atoms with Crippen molar-refractivity contribution in [2.45, 2.75) is 18.6 Å². The van der Waals surface area contributed by atoms with E-state index in [1.54, 1.807) is 18.2 Å². The Balaban J connectivity index is 1.70. The molecule has 2 N–H and O–H groups in total. The fourth-order valence-electron chi connectivity index (χ4n) is 2.69. The van der Waals surface area contributed by atoms with Gasteiger partial charge in [0.25, 0.3) is 11.8 Å². The molecule has 0 unspecified atom stereocenters. The number of aromatic nitrogens is 1. The van der Waals surface area contributed by atoms with Crippen LogP contribution in [0.5, 0.6) is 0 Å². The van der Waals surface area contributed by atoms with E-state index in [0.717, 1.165) is 6.07 Å². The highest BCUT2D eigenvalue weighted by Crippen LogP contribution is 2.27. The molecule has 2 heterocycles. The van der Waals surface area contributed by atoms with E-state index in [-0.39, 0.29) is 24.5 Å². The highest BCUT2D eigenvalue weighted by molar-refractivity contribution is 6.30. The molecule has 1 atom stereocenters. The molecule has 0 spiro atoms. The maximum Gasteiger partial charge on any atom is 0.270 e. The van der Waals surface area contributed by atoms with Crippen molar-refractivity contribution in [2.75, 3.05) is 11.4 Å². The summed E-state index contributed by atoms with van der Waals surface area (Å²) in [5.41, 5.74) is -1.75. The normalized spacial score (nSPS) is 20.0. The Kier molecular flexibility index (Phi) is 4.69. The SMILES string of the molecule is O=C(NCc1cc(F)cc(Cl)c1)[C@]1(O)CCN(c2ccccn2)C1=O. The van der Waals surface area contributed by atoms with E-state index in [0.29, 0.717) is 11.4 Å². The number of hydrogen-bond donors (Lipinski definition) is 2. The summed E-state index contributed by atoms with van der Waals surface area (Å²) in [4.78, 5) is 30.1. The predicted molar refractivity (Wildman–Crippen MR) is 89.4 cm³/mol. The number of benzene rings is 1. The summed E-state index contributed by atoms with van der Waals surface area (Å²) in [7, 11) is 0. The standard InChI is InChI=1S/C17H15ClFN3O3/c18-12-7-11(8-13(19)9-12)10-21-15(23)17(25)4-6-22(16(17)24)14-3-1-2-5-20-14/h1-3,5,7-9,25H,4,6,10H2,(H,21,23)/t17-/m1/s1. The predicted octanol–water partition coefficient (Wildman–Crippen LogP) is 1.66. The monoisotopic (exact) mass is 363 g/mol. The summed E-state index contributed by atoms with van der Waals surface area (Å²) < 4.78 is 13.3. The molecule has 25 heavy (non-hydrogen) atoms. The summed E-state index contributed by atoms with van der Waals surface area (Å²) in [6, 6.07) is 8.88. The summed E-state index contributed by atoms with van der Waals surface area (Å²) in [6.07, 6.45) is 1.46. The van der Waals surface area contributed by atoms with Crippen LogP contribution in [-0.4, -0.2) is 34.1 Å². The first kappa shape index (κ1) is 17.3. The van der Waals surface area contributed by atoms with Gasteiger partial charge in [0.2, 0.25) is 5.60 Å². The van der Waals surface area contributed by atoms with Crippen LogP contribution in [0.2, 0.25) is 5.02 Å². The number of halogens is 2. The molecule has 0 bridgehead atoms. The number of anilines is 1. The molecule has 0 saturated carbocycles. The molecular weight excluding hydrogens is 349 g/mol. The van der Waals surface area contributed by atoms with Crippen molar-refractivity contribution in [3.63, 3.8) is 0 Å². The smallest absolute Gasteiger partial charge is 0.270 e. The molecule has 2 amide bonds. The molecule has 3 rings (SSSR count). The second-order valence-corrected chi connectivity index (χ2v) is 6.15. The number of hydrogen-bond acceptors (Lipinski definition) is 4. The van der Waals surface area contributed by atoms with Crippen molar-refractivity contribution in [1.29, 1.82) is 0 Å². The molecule has 0 radical (unpaired) electrons. The third-order valence-electron chi connectivity index (χ3n) is 3.97. The minimum atomic E-state index is -2.17. The van der Waals surface area contributed by atoms with Crippen molar-refractivity contribution in [3.05, 3.63) is 59.0 Å². The molecule has 1 aromatic carbocycles. The van der Waals surface area contributed by atoms with Crippen LogP contribution in [0.4, 0.5) is 10.2 Å². The van der Waals surface area contributed by atoms with Gasteiger partial charge in [0.1, 0.15) is 11.6 Å². The number of carbonyl (C=O) groups excluding carboxylic acids is 2. The van der Waals surface area contributed by atoms with Crippen LogP contribution in [0.25, 0.3) is 0 Å². The number of nitrogens with one attached hydrogen (secondary N) is 1. The van der Waals surface area contributed by atoms with Crippen LogP contribution < -0.4 is 10.2 Å². The largest absolute Gasteiger partial charge is 0.372 e. The number of nitrogens with zero attached hydrogens (tertiary/aromatic N) is 2. The molecule has 6 nitrogen and oxygen atoms in total. The maximum atomic E-state index is 13.3. The highest BCUT2D eigenvalue weighted by atomic mass is 35.5. The average molecular weight is 364 g/mol. The first-order valence-corrected chi connectivity index (χ1v) is 7.96. The van der Waals surface area contributed by atoms with Crippen LogP contribution in [0.15, 0.2) is 42.6 Å². The van der Waals surface area contributed by atoms with E-state index >= 15 is 0 Å². The third kappa shape index (κ3) is 3.47. The van der Waals surface area contributed by atoms with Crippen molar-refractivity contribution in [3.8, 4) is 0 Å². The van der Waals surface area contributed by atoms with E-state index < -0.39 is 23.2 Å².